The summed E-state index contributed by atoms with van der Waals surface area (Å²) >= 11 is 0. The van der Waals surface area contributed by atoms with E-state index in [0.29, 0.717) is 24.6 Å². The lowest BCUT2D eigenvalue weighted by atomic mass is 9.81. The van der Waals surface area contributed by atoms with Crippen LogP contribution in [-0.4, -0.2) is 35.6 Å². The minimum Gasteiger partial charge on any atom is -0.453 e. The Bertz CT molecular complexity index is 1150. The maximum atomic E-state index is 13.2. The van der Waals surface area contributed by atoms with Crippen LogP contribution in [0.4, 0.5) is 10.5 Å². The molecular formula is C28H33N5O3. The molecule has 0 saturated heterocycles. The van der Waals surface area contributed by atoms with Gasteiger partial charge in [-0.15, -0.1) is 0 Å². The molecule has 1 heterocycles. The number of anilines is 1. The molecule has 1 fully saturated rings. The lowest BCUT2D eigenvalue weighted by Gasteiger charge is -2.28. The Hall–Kier alpha value is -3.78. The number of ether oxygens (including phenoxy) is 1. The quantitative estimate of drug-likeness (QED) is 0.431. The molecule has 1 aliphatic rings. The van der Waals surface area contributed by atoms with Crippen LogP contribution in [-0.2, 0) is 16.0 Å². The highest BCUT2D eigenvalue weighted by Gasteiger charge is 2.28. The number of benzene rings is 2. The SMILES string of the molecule is COC(=O)Nc1ccc(-c2cc(C(Cc3ccccc3)NC(=O)[C@H]3CC[C@H](CN)CC3)ncn2)cc1. The zero-order valence-electron chi connectivity index (χ0n) is 20.5. The number of nitrogens with zero attached hydrogens (tertiary/aromatic N) is 2. The third kappa shape index (κ3) is 6.66. The van der Waals surface area contributed by atoms with Crippen molar-refractivity contribution in [2.45, 2.75) is 38.1 Å². The van der Waals surface area contributed by atoms with Crippen LogP contribution in [0.2, 0.25) is 0 Å². The summed E-state index contributed by atoms with van der Waals surface area (Å²) in [7, 11) is 1.32. The zero-order chi connectivity index (χ0) is 25.3. The van der Waals surface area contributed by atoms with E-state index in [0.717, 1.165) is 48.2 Å². The number of amides is 2. The lowest BCUT2D eigenvalue weighted by molar-refractivity contribution is -0.127. The topological polar surface area (TPSA) is 119 Å². The molecule has 2 amide bonds. The van der Waals surface area contributed by atoms with E-state index in [2.05, 4.69) is 37.5 Å². The molecular weight excluding hydrogens is 454 g/mol. The molecule has 1 atom stereocenters. The summed E-state index contributed by atoms with van der Waals surface area (Å²) in [6.07, 6.45) is 5.36. The Morgan fingerprint density at radius 3 is 2.42 bits per heavy atom. The molecule has 1 unspecified atom stereocenters. The van der Waals surface area contributed by atoms with Gasteiger partial charge in [0.15, 0.2) is 0 Å². The lowest BCUT2D eigenvalue weighted by Crippen LogP contribution is -2.37. The van der Waals surface area contributed by atoms with Gasteiger partial charge in [-0.1, -0.05) is 42.5 Å². The number of methoxy groups -OCH3 is 1. The highest BCUT2D eigenvalue weighted by atomic mass is 16.5. The molecule has 1 aromatic heterocycles. The van der Waals surface area contributed by atoms with E-state index in [-0.39, 0.29) is 17.9 Å². The van der Waals surface area contributed by atoms with Gasteiger partial charge in [0.05, 0.1) is 24.5 Å². The van der Waals surface area contributed by atoms with Crippen LogP contribution in [0.1, 0.15) is 43.0 Å². The number of rotatable bonds is 8. The zero-order valence-corrected chi connectivity index (χ0v) is 20.5. The van der Waals surface area contributed by atoms with Gasteiger partial charge in [-0.3, -0.25) is 10.1 Å². The first kappa shape index (κ1) is 25.3. The van der Waals surface area contributed by atoms with E-state index in [1.165, 1.54) is 13.4 Å². The molecule has 1 aliphatic carbocycles. The third-order valence-corrected chi connectivity index (χ3v) is 6.81. The van der Waals surface area contributed by atoms with Gasteiger partial charge in [0.2, 0.25) is 5.91 Å². The fraction of sp³-hybridized carbons (Fsp3) is 0.357. The van der Waals surface area contributed by atoms with Crippen molar-refractivity contribution in [3.63, 3.8) is 0 Å². The predicted molar refractivity (Wildman–Crippen MR) is 139 cm³/mol. The average Bonchev–Trinajstić information content (AvgIpc) is 2.93. The standard InChI is InChI=1S/C28H33N5O3/c1-36-28(35)32-23-13-11-21(12-14-23)24-16-25(31-18-30-24)26(15-19-5-3-2-4-6-19)33-27(34)22-9-7-20(17-29)8-10-22/h2-6,11-14,16,18,20,22,26H,7-10,15,17,29H2,1H3,(H,32,35)(H,33,34)/t20-,22-,26?. The van der Waals surface area contributed by atoms with Crippen molar-refractivity contribution in [3.05, 3.63) is 78.2 Å². The molecule has 188 valence electrons. The summed E-state index contributed by atoms with van der Waals surface area (Å²) in [4.78, 5) is 33.7. The van der Waals surface area contributed by atoms with Crippen molar-refractivity contribution in [2.75, 3.05) is 19.0 Å². The van der Waals surface area contributed by atoms with Crippen LogP contribution in [0, 0.1) is 11.8 Å². The van der Waals surface area contributed by atoms with Crippen LogP contribution in [0.5, 0.6) is 0 Å². The molecule has 4 N–H and O–H groups in total. The maximum absolute atomic E-state index is 13.2. The van der Waals surface area contributed by atoms with Gasteiger partial charge in [-0.05, 0) is 68.3 Å². The number of aromatic nitrogens is 2. The number of hydrogen-bond donors (Lipinski definition) is 3. The maximum Gasteiger partial charge on any atom is 0.411 e. The molecule has 0 aliphatic heterocycles. The van der Waals surface area contributed by atoms with Crippen molar-refractivity contribution in [1.82, 2.24) is 15.3 Å². The fourth-order valence-corrected chi connectivity index (χ4v) is 4.64. The van der Waals surface area contributed by atoms with Crippen molar-refractivity contribution in [2.24, 2.45) is 17.6 Å². The minimum absolute atomic E-state index is 0.00207. The molecule has 36 heavy (non-hydrogen) atoms. The molecule has 0 radical (unpaired) electrons. The van der Waals surface area contributed by atoms with Crippen LogP contribution in [0.15, 0.2) is 67.0 Å². The first-order valence-electron chi connectivity index (χ1n) is 12.4. The number of hydrogen-bond acceptors (Lipinski definition) is 6. The Morgan fingerprint density at radius 2 is 1.75 bits per heavy atom. The van der Waals surface area contributed by atoms with Gasteiger partial charge in [0.25, 0.3) is 0 Å². The molecule has 1 saturated carbocycles. The van der Waals surface area contributed by atoms with E-state index in [4.69, 9.17) is 5.73 Å². The first-order valence-corrected chi connectivity index (χ1v) is 12.4. The smallest absolute Gasteiger partial charge is 0.411 e. The van der Waals surface area contributed by atoms with E-state index in [1.54, 1.807) is 12.1 Å². The summed E-state index contributed by atoms with van der Waals surface area (Å²) in [5.74, 6) is 0.597. The largest absolute Gasteiger partial charge is 0.453 e. The van der Waals surface area contributed by atoms with Gasteiger partial charge < -0.3 is 15.8 Å². The summed E-state index contributed by atoms with van der Waals surface area (Å²) < 4.78 is 4.64. The van der Waals surface area contributed by atoms with Gasteiger partial charge in [-0.25, -0.2) is 14.8 Å². The summed E-state index contributed by atoms with van der Waals surface area (Å²) in [6, 6.07) is 19.0. The normalized spacial score (nSPS) is 18.2. The van der Waals surface area contributed by atoms with Crippen LogP contribution >= 0.6 is 0 Å². The Morgan fingerprint density at radius 1 is 1.03 bits per heavy atom. The highest BCUT2D eigenvalue weighted by Crippen LogP contribution is 2.30. The molecule has 2 aromatic carbocycles. The third-order valence-electron chi connectivity index (χ3n) is 6.81. The molecule has 4 rings (SSSR count). The first-order chi connectivity index (χ1) is 17.6. The number of carbonyl (C=O) groups is 2. The van der Waals surface area contributed by atoms with E-state index in [9.17, 15) is 9.59 Å². The molecule has 3 aromatic rings. The highest BCUT2D eigenvalue weighted by molar-refractivity contribution is 5.85. The van der Waals surface area contributed by atoms with Crippen molar-refractivity contribution in [3.8, 4) is 11.3 Å². The second-order valence-corrected chi connectivity index (χ2v) is 9.23. The van der Waals surface area contributed by atoms with Gasteiger partial charge >= 0.3 is 6.09 Å². The Labute approximate surface area is 211 Å². The van der Waals surface area contributed by atoms with Crippen LogP contribution in [0.25, 0.3) is 11.3 Å². The number of nitrogens with two attached hydrogens (primary N) is 1. The van der Waals surface area contributed by atoms with Crippen LogP contribution < -0.4 is 16.4 Å². The van der Waals surface area contributed by atoms with Gasteiger partial charge in [0, 0.05) is 17.2 Å². The number of carbonyl (C=O) groups excluding carboxylic acids is 2. The fourth-order valence-electron chi connectivity index (χ4n) is 4.64. The van der Waals surface area contributed by atoms with Gasteiger partial charge in [0.1, 0.15) is 6.33 Å². The molecule has 0 spiro atoms. The Balaban J connectivity index is 1.54. The summed E-state index contributed by atoms with van der Waals surface area (Å²) in [5, 5.41) is 5.92. The van der Waals surface area contributed by atoms with Crippen molar-refractivity contribution < 1.29 is 14.3 Å². The van der Waals surface area contributed by atoms with Crippen molar-refractivity contribution >= 4 is 17.7 Å². The second-order valence-electron chi connectivity index (χ2n) is 9.23. The van der Waals surface area contributed by atoms with E-state index < -0.39 is 6.09 Å². The van der Waals surface area contributed by atoms with E-state index in [1.807, 2.05) is 36.4 Å². The monoisotopic (exact) mass is 487 g/mol. The number of nitrogens with one attached hydrogen (secondary N) is 2. The molecule has 0 bridgehead atoms. The van der Waals surface area contributed by atoms with E-state index >= 15 is 0 Å². The predicted octanol–water partition coefficient (Wildman–Crippen LogP) is 4.49. The second kappa shape index (κ2) is 12.3. The van der Waals surface area contributed by atoms with Crippen LogP contribution in [0.3, 0.4) is 0 Å². The molecule has 8 nitrogen and oxygen atoms in total. The van der Waals surface area contributed by atoms with Crippen molar-refractivity contribution in [1.29, 1.82) is 0 Å². The average molecular weight is 488 g/mol. The van der Waals surface area contributed by atoms with Gasteiger partial charge in [-0.2, -0.15) is 0 Å². The summed E-state index contributed by atoms with van der Waals surface area (Å²) in [6.45, 7) is 0.689. The molecule has 8 heteroatoms. The summed E-state index contributed by atoms with van der Waals surface area (Å²) in [5.41, 5.74) is 9.93. The Kier molecular flexibility index (Phi) is 8.62. The minimum atomic E-state index is -0.525.